The molecule has 0 amide bonds. The molecule has 2 rings (SSSR count). The minimum absolute atomic E-state index is 0.101. The second-order valence-corrected chi connectivity index (χ2v) is 5.05. The zero-order valence-electron chi connectivity index (χ0n) is 11.0. The van der Waals surface area contributed by atoms with Gasteiger partial charge in [-0.2, -0.15) is 0 Å². The van der Waals surface area contributed by atoms with Gasteiger partial charge in [0.15, 0.2) is 6.61 Å². The molecule has 2 N–H and O–H groups in total. The van der Waals surface area contributed by atoms with E-state index in [2.05, 4.69) is 0 Å². The summed E-state index contributed by atoms with van der Waals surface area (Å²) < 4.78 is 10.4. The molecule has 0 aliphatic heterocycles. The lowest BCUT2D eigenvalue weighted by molar-refractivity contribution is -0.147. The minimum atomic E-state index is -0.496. The van der Waals surface area contributed by atoms with E-state index in [0.717, 1.165) is 5.56 Å². The van der Waals surface area contributed by atoms with E-state index in [-0.39, 0.29) is 13.2 Å². The summed E-state index contributed by atoms with van der Waals surface area (Å²) in [5, 5.41) is 0.869. The van der Waals surface area contributed by atoms with Gasteiger partial charge in [-0.05, 0) is 29.8 Å². The molecule has 0 spiro atoms. The summed E-state index contributed by atoms with van der Waals surface area (Å²) in [6.45, 7) is -0.112. The number of ether oxygens (including phenoxy) is 2. The molecule has 2 aromatic rings. The van der Waals surface area contributed by atoms with Crippen molar-refractivity contribution in [2.75, 3.05) is 12.3 Å². The van der Waals surface area contributed by atoms with Gasteiger partial charge in [-0.25, -0.2) is 4.79 Å². The molecule has 0 aliphatic carbocycles. The van der Waals surface area contributed by atoms with Crippen molar-refractivity contribution in [3.8, 4) is 5.75 Å². The highest BCUT2D eigenvalue weighted by atomic mass is 35.5. The fraction of sp³-hybridized carbons (Fsp3) is 0.133. The average Bonchev–Trinajstić information content (AvgIpc) is 2.47. The van der Waals surface area contributed by atoms with Crippen molar-refractivity contribution in [3.05, 3.63) is 58.1 Å². The molecule has 0 unspecified atom stereocenters. The largest absolute Gasteiger partial charge is 0.480 e. The highest BCUT2D eigenvalue weighted by Gasteiger charge is 2.07. The van der Waals surface area contributed by atoms with E-state index in [1.54, 1.807) is 42.5 Å². The lowest BCUT2D eigenvalue weighted by Crippen LogP contribution is -2.15. The van der Waals surface area contributed by atoms with Crippen molar-refractivity contribution < 1.29 is 14.3 Å². The number of nitrogen functional groups attached to an aromatic ring is 1. The third-order valence-electron chi connectivity index (χ3n) is 2.65. The summed E-state index contributed by atoms with van der Waals surface area (Å²) in [7, 11) is 0. The number of carbonyl (C=O) groups is 1. The average molecular weight is 326 g/mol. The molecule has 0 radical (unpaired) electrons. The number of para-hydroxylation sites is 2. The van der Waals surface area contributed by atoms with E-state index in [1.165, 1.54) is 0 Å². The van der Waals surface area contributed by atoms with Crippen molar-refractivity contribution >= 4 is 34.9 Å². The first kappa shape index (κ1) is 15.5. The Morgan fingerprint density at radius 2 is 1.86 bits per heavy atom. The SMILES string of the molecule is Nc1ccccc1OCC(=O)OCc1ccc(Cl)c(Cl)c1. The van der Waals surface area contributed by atoms with Crippen LogP contribution < -0.4 is 10.5 Å². The van der Waals surface area contributed by atoms with Gasteiger partial charge in [0, 0.05) is 0 Å². The fourth-order valence-electron chi connectivity index (χ4n) is 1.58. The first-order valence-corrected chi connectivity index (χ1v) is 6.88. The van der Waals surface area contributed by atoms with Crippen LogP contribution in [0.5, 0.6) is 5.75 Å². The van der Waals surface area contributed by atoms with Gasteiger partial charge < -0.3 is 15.2 Å². The maximum Gasteiger partial charge on any atom is 0.344 e. The molecule has 0 saturated heterocycles. The quantitative estimate of drug-likeness (QED) is 0.672. The predicted octanol–water partition coefficient (Wildman–Crippen LogP) is 3.70. The van der Waals surface area contributed by atoms with Crippen LogP contribution in [0, 0.1) is 0 Å². The Labute approximate surface area is 132 Å². The number of anilines is 1. The number of hydrogen-bond acceptors (Lipinski definition) is 4. The van der Waals surface area contributed by atoms with Crippen LogP contribution >= 0.6 is 23.2 Å². The van der Waals surface area contributed by atoms with Crippen LogP contribution in [0.25, 0.3) is 0 Å². The van der Waals surface area contributed by atoms with Crippen LogP contribution in [-0.2, 0) is 16.1 Å². The van der Waals surface area contributed by atoms with Crippen molar-refractivity contribution in [2.24, 2.45) is 0 Å². The van der Waals surface area contributed by atoms with Crippen LogP contribution in [0.15, 0.2) is 42.5 Å². The Bertz CT molecular complexity index is 647. The van der Waals surface area contributed by atoms with Crippen LogP contribution in [0.1, 0.15) is 5.56 Å². The van der Waals surface area contributed by atoms with Gasteiger partial charge >= 0.3 is 5.97 Å². The monoisotopic (exact) mass is 325 g/mol. The van der Waals surface area contributed by atoms with E-state index in [9.17, 15) is 4.79 Å². The second-order valence-electron chi connectivity index (χ2n) is 4.24. The minimum Gasteiger partial charge on any atom is -0.480 e. The second kappa shape index (κ2) is 7.20. The molecule has 21 heavy (non-hydrogen) atoms. The first-order valence-electron chi connectivity index (χ1n) is 6.13. The summed E-state index contributed by atoms with van der Waals surface area (Å²) in [5.41, 5.74) is 6.91. The molecule has 0 fully saturated rings. The Hall–Kier alpha value is -1.91. The van der Waals surface area contributed by atoms with E-state index >= 15 is 0 Å². The Morgan fingerprint density at radius 3 is 2.57 bits per heavy atom. The van der Waals surface area contributed by atoms with Gasteiger partial charge in [0.05, 0.1) is 15.7 Å². The Balaban J connectivity index is 1.82. The predicted molar refractivity (Wildman–Crippen MR) is 82.6 cm³/mol. The number of nitrogens with two attached hydrogens (primary N) is 1. The van der Waals surface area contributed by atoms with Crippen molar-refractivity contribution in [1.82, 2.24) is 0 Å². The first-order chi connectivity index (χ1) is 10.1. The summed E-state index contributed by atoms with van der Waals surface area (Å²) in [4.78, 5) is 11.6. The molecule has 2 aromatic carbocycles. The van der Waals surface area contributed by atoms with E-state index < -0.39 is 5.97 Å². The number of hydrogen-bond donors (Lipinski definition) is 1. The summed E-state index contributed by atoms with van der Waals surface area (Å²) in [6, 6.07) is 12.0. The van der Waals surface area contributed by atoms with Gasteiger partial charge in [0.1, 0.15) is 12.4 Å². The van der Waals surface area contributed by atoms with Crippen molar-refractivity contribution in [2.45, 2.75) is 6.61 Å². The summed E-state index contributed by atoms with van der Waals surface area (Å²) in [6.07, 6.45) is 0. The van der Waals surface area contributed by atoms with E-state index in [1.807, 2.05) is 0 Å². The van der Waals surface area contributed by atoms with E-state index in [0.29, 0.717) is 21.5 Å². The molecule has 6 heteroatoms. The van der Waals surface area contributed by atoms with E-state index in [4.69, 9.17) is 38.4 Å². The molecule has 0 atom stereocenters. The molecule has 110 valence electrons. The number of halogens is 2. The highest BCUT2D eigenvalue weighted by molar-refractivity contribution is 6.42. The molecule has 4 nitrogen and oxygen atoms in total. The van der Waals surface area contributed by atoms with Crippen LogP contribution in [0.3, 0.4) is 0 Å². The maximum atomic E-state index is 11.6. The van der Waals surface area contributed by atoms with Crippen LogP contribution in [0.4, 0.5) is 5.69 Å². The summed E-state index contributed by atoms with van der Waals surface area (Å²) >= 11 is 11.7. The third-order valence-corrected chi connectivity index (χ3v) is 3.39. The van der Waals surface area contributed by atoms with Gasteiger partial charge in [0.2, 0.25) is 0 Å². The molecule has 0 saturated carbocycles. The van der Waals surface area contributed by atoms with Crippen molar-refractivity contribution in [3.63, 3.8) is 0 Å². The summed E-state index contributed by atoms with van der Waals surface area (Å²) in [5.74, 6) is -0.0479. The highest BCUT2D eigenvalue weighted by Crippen LogP contribution is 2.23. The topological polar surface area (TPSA) is 61.5 Å². The smallest absolute Gasteiger partial charge is 0.344 e. The van der Waals surface area contributed by atoms with Gasteiger partial charge in [-0.3, -0.25) is 0 Å². The molecule has 0 aromatic heterocycles. The Morgan fingerprint density at radius 1 is 1.10 bits per heavy atom. The number of benzene rings is 2. The van der Waals surface area contributed by atoms with Crippen LogP contribution in [0.2, 0.25) is 10.0 Å². The number of carbonyl (C=O) groups excluding carboxylic acids is 1. The lowest BCUT2D eigenvalue weighted by Gasteiger charge is -2.09. The molecule has 0 aliphatic rings. The lowest BCUT2D eigenvalue weighted by atomic mass is 10.2. The zero-order valence-corrected chi connectivity index (χ0v) is 12.5. The molecule has 0 heterocycles. The van der Waals surface area contributed by atoms with Gasteiger partial charge in [-0.1, -0.05) is 41.4 Å². The third kappa shape index (κ3) is 4.55. The normalized spacial score (nSPS) is 10.2. The zero-order chi connectivity index (χ0) is 15.2. The van der Waals surface area contributed by atoms with Gasteiger partial charge in [-0.15, -0.1) is 0 Å². The molecular formula is C15H13Cl2NO3. The van der Waals surface area contributed by atoms with Gasteiger partial charge in [0.25, 0.3) is 0 Å². The molecular weight excluding hydrogens is 313 g/mol. The number of esters is 1. The standard InChI is InChI=1S/C15H13Cl2NO3/c16-11-6-5-10(7-12(11)17)8-21-15(19)9-20-14-4-2-1-3-13(14)18/h1-7H,8-9,18H2. The van der Waals surface area contributed by atoms with Crippen LogP contribution in [-0.4, -0.2) is 12.6 Å². The molecule has 0 bridgehead atoms. The van der Waals surface area contributed by atoms with Crippen molar-refractivity contribution in [1.29, 1.82) is 0 Å². The maximum absolute atomic E-state index is 11.6. The fourth-order valence-corrected chi connectivity index (χ4v) is 1.90. The Kier molecular flexibility index (Phi) is 5.31. The number of rotatable bonds is 5.